The SMILES string of the molecule is O=C(CN1CCCNCCN(CCOOCc2ccccc2)CCCNCC1)OCc1ccccc1. The van der Waals surface area contributed by atoms with Gasteiger partial charge in [-0.05, 0) is 50.1 Å². The minimum absolute atomic E-state index is 0.168. The lowest BCUT2D eigenvalue weighted by atomic mass is 10.2. The third kappa shape index (κ3) is 12.6. The van der Waals surface area contributed by atoms with Crippen LogP contribution in [0.4, 0.5) is 0 Å². The number of hydrogen-bond donors (Lipinski definition) is 2. The van der Waals surface area contributed by atoms with E-state index >= 15 is 0 Å². The average molecular weight is 499 g/mol. The minimum atomic E-state index is -0.168. The van der Waals surface area contributed by atoms with Gasteiger partial charge in [-0.1, -0.05) is 60.7 Å². The Kier molecular flexibility index (Phi) is 14.1. The van der Waals surface area contributed by atoms with Gasteiger partial charge in [0.1, 0.15) is 13.2 Å². The molecule has 8 nitrogen and oxygen atoms in total. The zero-order valence-corrected chi connectivity index (χ0v) is 21.4. The summed E-state index contributed by atoms with van der Waals surface area (Å²) in [5.41, 5.74) is 2.12. The summed E-state index contributed by atoms with van der Waals surface area (Å²) < 4.78 is 5.48. The van der Waals surface area contributed by atoms with Crippen LogP contribution in [0.5, 0.6) is 0 Å². The molecule has 0 atom stereocenters. The van der Waals surface area contributed by atoms with Crippen molar-refractivity contribution in [1.29, 1.82) is 0 Å². The maximum Gasteiger partial charge on any atom is 0.320 e. The van der Waals surface area contributed by atoms with E-state index in [1.807, 2.05) is 60.7 Å². The zero-order valence-electron chi connectivity index (χ0n) is 21.4. The monoisotopic (exact) mass is 498 g/mol. The Morgan fingerprint density at radius 2 is 1.28 bits per heavy atom. The van der Waals surface area contributed by atoms with Gasteiger partial charge < -0.3 is 15.4 Å². The molecule has 1 fully saturated rings. The lowest BCUT2D eigenvalue weighted by Gasteiger charge is -2.25. The topological polar surface area (TPSA) is 75.3 Å². The van der Waals surface area contributed by atoms with Gasteiger partial charge in [0.2, 0.25) is 0 Å². The molecule has 2 aromatic carbocycles. The van der Waals surface area contributed by atoms with E-state index in [0.29, 0.717) is 26.4 Å². The second-order valence-corrected chi connectivity index (χ2v) is 9.04. The second-order valence-electron chi connectivity index (χ2n) is 9.04. The van der Waals surface area contributed by atoms with Gasteiger partial charge in [-0.3, -0.25) is 14.6 Å². The van der Waals surface area contributed by atoms with E-state index in [-0.39, 0.29) is 5.97 Å². The summed E-state index contributed by atoms with van der Waals surface area (Å²) in [6.07, 6.45) is 2.05. The van der Waals surface area contributed by atoms with Gasteiger partial charge in [-0.2, -0.15) is 0 Å². The Morgan fingerprint density at radius 1 is 0.694 bits per heavy atom. The van der Waals surface area contributed by atoms with Crippen molar-refractivity contribution < 1.29 is 19.3 Å². The van der Waals surface area contributed by atoms with Crippen LogP contribution in [-0.4, -0.2) is 87.8 Å². The molecule has 0 radical (unpaired) electrons. The molecule has 0 aromatic heterocycles. The van der Waals surface area contributed by atoms with Crippen LogP contribution in [0.3, 0.4) is 0 Å². The van der Waals surface area contributed by atoms with Gasteiger partial charge in [-0.25, -0.2) is 9.78 Å². The van der Waals surface area contributed by atoms with Crippen molar-refractivity contribution in [3.63, 3.8) is 0 Å². The number of ether oxygens (including phenoxy) is 1. The van der Waals surface area contributed by atoms with Crippen molar-refractivity contribution in [1.82, 2.24) is 20.4 Å². The lowest BCUT2D eigenvalue weighted by molar-refractivity contribution is -0.304. The summed E-state index contributed by atoms with van der Waals surface area (Å²) in [5.74, 6) is -0.168. The van der Waals surface area contributed by atoms with E-state index in [1.54, 1.807) is 0 Å². The molecule has 198 valence electrons. The molecular formula is C28H42N4O4. The predicted octanol–water partition coefficient (Wildman–Crippen LogP) is 2.46. The normalized spacial score (nSPS) is 17.3. The summed E-state index contributed by atoms with van der Waals surface area (Å²) in [6, 6.07) is 19.9. The highest BCUT2D eigenvalue weighted by Crippen LogP contribution is 2.03. The Morgan fingerprint density at radius 3 is 1.94 bits per heavy atom. The number of hydrogen-bond acceptors (Lipinski definition) is 8. The number of carbonyl (C=O) groups excluding carboxylic acids is 1. The van der Waals surface area contributed by atoms with Crippen molar-refractivity contribution in [3.8, 4) is 0 Å². The van der Waals surface area contributed by atoms with Crippen LogP contribution in [0.25, 0.3) is 0 Å². The highest BCUT2D eigenvalue weighted by Gasteiger charge is 2.13. The zero-order chi connectivity index (χ0) is 25.1. The van der Waals surface area contributed by atoms with Crippen molar-refractivity contribution in [2.75, 3.05) is 72.1 Å². The molecule has 0 spiro atoms. The molecule has 0 saturated carbocycles. The van der Waals surface area contributed by atoms with Crippen LogP contribution in [0.15, 0.2) is 60.7 Å². The Balaban J connectivity index is 1.30. The largest absolute Gasteiger partial charge is 0.460 e. The molecule has 0 bridgehead atoms. The van der Waals surface area contributed by atoms with E-state index in [9.17, 15) is 4.79 Å². The molecule has 36 heavy (non-hydrogen) atoms. The summed E-state index contributed by atoms with van der Waals surface area (Å²) >= 11 is 0. The van der Waals surface area contributed by atoms with Gasteiger partial charge in [0.15, 0.2) is 0 Å². The molecule has 1 aliphatic heterocycles. The third-order valence-corrected chi connectivity index (χ3v) is 6.10. The number of nitrogens with zero attached hydrogens (tertiary/aromatic N) is 2. The van der Waals surface area contributed by atoms with Gasteiger partial charge in [0.25, 0.3) is 0 Å². The molecular weight excluding hydrogens is 456 g/mol. The highest BCUT2D eigenvalue weighted by molar-refractivity contribution is 5.71. The van der Waals surface area contributed by atoms with Crippen molar-refractivity contribution in [2.24, 2.45) is 0 Å². The van der Waals surface area contributed by atoms with E-state index < -0.39 is 0 Å². The molecule has 8 heteroatoms. The summed E-state index contributed by atoms with van der Waals surface area (Å²) in [5, 5.41) is 7.06. The average Bonchev–Trinajstić information content (AvgIpc) is 2.91. The summed E-state index contributed by atoms with van der Waals surface area (Å²) in [6.45, 7) is 9.84. The van der Waals surface area contributed by atoms with Crippen LogP contribution in [-0.2, 0) is 32.5 Å². The molecule has 0 unspecified atom stereocenters. The number of rotatable bonds is 10. The van der Waals surface area contributed by atoms with Gasteiger partial charge >= 0.3 is 5.97 Å². The second kappa shape index (κ2) is 18.0. The van der Waals surface area contributed by atoms with Crippen LogP contribution in [0.2, 0.25) is 0 Å². The quantitative estimate of drug-likeness (QED) is 0.224. The number of nitrogens with one attached hydrogen (secondary N) is 2. The third-order valence-electron chi connectivity index (χ3n) is 6.10. The van der Waals surface area contributed by atoms with Crippen LogP contribution in [0, 0.1) is 0 Å². The standard InChI is InChI=1S/C28H42N4O4/c33-28(34-24-26-9-3-1-4-10-26)23-32-18-8-14-29-15-19-31(17-7-13-30-16-20-32)21-22-35-36-25-27-11-5-2-6-12-27/h1-6,9-12,29-30H,7-8,13-25H2. The number of esters is 1. The van der Waals surface area contributed by atoms with E-state index in [1.165, 1.54) is 0 Å². The maximum atomic E-state index is 12.4. The molecule has 1 heterocycles. The smallest absolute Gasteiger partial charge is 0.320 e. The number of benzene rings is 2. The molecule has 0 amide bonds. The molecule has 2 aromatic rings. The van der Waals surface area contributed by atoms with Crippen molar-refractivity contribution in [3.05, 3.63) is 71.8 Å². The van der Waals surface area contributed by atoms with Crippen LogP contribution in [0.1, 0.15) is 24.0 Å². The molecule has 0 aliphatic carbocycles. The first-order valence-corrected chi connectivity index (χ1v) is 13.1. The molecule has 1 saturated heterocycles. The molecule has 1 aliphatic rings. The fraction of sp³-hybridized carbons (Fsp3) is 0.536. The first kappa shape index (κ1) is 28.2. The first-order chi connectivity index (χ1) is 17.8. The van der Waals surface area contributed by atoms with E-state index in [0.717, 1.165) is 82.9 Å². The fourth-order valence-corrected chi connectivity index (χ4v) is 4.06. The summed E-state index contributed by atoms with van der Waals surface area (Å²) in [4.78, 5) is 27.8. The summed E-state index contributed by atoms with van der Waals surface area (Å²) in [7, 11) is 0. The molecule has 3 rings (SSSR count). The van der Waals surface area contributed by atoms with Gasteiger partial charge in [-0.15, -0.1) is 0 Å². The van der Waals surface area contributed by atoms with Crippen molar-refractivity contribution in [2.45, 2.75) is 26.1 Å². The fourth-order valence-electron chi connectivity index (χ4n) is 4.06. The predicted molar refractivity (Wildman–Crippen MR) is 141 cm³/mol. The Hall–Kier alpha value is -2.33. The molecule has 2 N–H and O–H groups in total. The van der Waals surface area contributed by atoms with Crippen molar-refractivity contribution >= 4 is 5.97 Å². The Labute approximate surface area is 215 Å². The van der Waals surface area contributed by atoms with Gasteiger partial charge in [0.05, 0.1) is 13.2 Å². The highest BCUT2D eigenvalue weighted by atomic mass is 17.2. The number of carbonyl (C=O) groups is 1. The lowest BCUT2D eigenvalue weighted by Crippen LogP contribution is -2.40. The first-order valence-electron chi connectivity index (χ1n) is 13.1. The maximum absolute atomic E-state index is 12.4. The van der Waals surface area contributed by atoms with Crippen LogP contribution >= 0.6 is 0 Å². The van der Waals surface area contributed by atoms with E-state index in [2.05, 4.69) is 20.4 Å². The Bertz CT molecular complexity index is 809. The van der Waals surface area contributed by atoms with Gasteiger partial charge in [0, 0.05) is 32.7 Å². The van der Waals surface area contributed by atoms with E-state index in [4.69, 9.17) is 14.5 Å². The minimum Gasteiger partial charge on any atom is -0.460 e. The van der Waals surface area contributed by atoms with Crippen LogP contribution < -0.4 is 10.6 Å².